The molecule has 0 radical (unpaired) electrons. The molecule has 104 valence electrons. The second kappa shape index (κ2) is 5.75. The number of carbonyl (C=O) groups is 2. The fourth-order valence-corrected chi connectivity index (χ4v) is 2.61. The molecule has 2 heterocycles. The highest BCUT2D eigenvalue weighted by molar-refractivity contribution is 9.10. The molecule has 2 atom stereocenters. The van der Waals surface area contributed by atoms with Crippen molar-refractivity contribution in [3.05, 3.63) is 22.6 Å². The van der Waals surface area contributed by atoms with E-state index in [1.807, 2.05) is 17.9 Å². The Morgan fingerprint density at radius 1 is 1.68 bits per heavy atom. The molecule has 6 nitrogen and oxygen atoms in total. The van der Waals surface area contributed by atoms with Crippen LogP contribution in [0.1, 0.15) is 25.1 Å². The topological polar surface area (TPSA) is 82.8 Å². The van der Waals surface area contributed by atoms with Crippen LogP contribution in [-0.2, 0) is 9.59 Å². The number of piperazine rings is 1. The van der Waals surface area contributed by atoms with Gasteiger partial charge in [-0.05, 0) is 35.0 Å². The number of nitrogens with one attached hydrogen (secondary N) is 1. The average molecular weight is 331 g/mol. The monoisotopic (exact) mass is 330 g/mol. The Hall–Kier alpha value is -1.34. The summed E-state index contributed by atoms with van der Waals surface area (Å²) in [6.07, 6.45) is -0.210. The lowest BCUT2D eigenvalue weighted by Crippen LogP contribution is -2.56. The first-order valence-corrected chi connectivity index (χ1v) is 6.79. The fraction of sp³-hybridized carbons (Fsp3) is 0.500. The van der Waals surface area contributed by atoms with Crippen LogP contribution in [0, 0.1) is 0 Å². The Kier molecular flexibility index (Phi) is 4.26. The number of hydrogen-bond acceptors (Lipinski definition) is 4. The largest absolute Gasteiger partial charge is 0.481 e. The van der Waals surface area contributed by atoms with Crippen LogP contribution in [0.3, 0.4) is 0 Å². The van der Waals surface area contributed by atoms with Gasteiger partial charge in [0, 0.05) is 13.1 Å². The minimum absolute atomic E-state index is 0.151. The third kappa shape index (κ3) is 3.16. The van der Waals surface area contributed by atoms with Crippen molar-refractivity contribution in [3.63, 3.8) is 0 Å². The van der Waals surface area contributed by atoms with Crippen molar-refractivity contribution in [2.24, 2.45) is 0 Å². The van der Waals surface area contributed by atoms with Gasteiger partial charge >= 0.3 is 5.97 Å². The van der Waals surface area contributed by atoms with Gasteiger partial charge in [0.15, 0.2) is 4.67 Å². The lowest BCUT2D eigenvalue weighted by atomic mass is 10.1. The highest BCUT2D eigenvalue weighted by atomic mass is 79.9. The van der Waals surface area contributed by atoms with Crippen molar-refractivity contribution < 1.29 is 19.1 Å². The smallest absolute Gasteiger partial charge is 0.305 e. The molecule has 0 bridgehead atoms. The lowest BCUT2D eigenvalue weighted by molar-refractivity contribution is -0.144. The first kappa shape index (κ1) is 14.1. The molecule has 19 heavy (non-hydrogen) atoms. The van der Waals surface area contributed by atoms with E-state index in [9.17, 15) is 9.59 Å². The second-order valence-corrected chi connectivity index (χ2v) is 5.24. The predicted octanol–water partition coefficient (Wildman–Crippen LogP) is 1.38. The predicted molar refractivity (Wildman–Crippen MR) is 70.6 cm³/mol. The molecule has 2 unspecified atom stereocenters. The van der Waals surface area contributed by atoms with Crippen molar-refractivity contribution in [1.82, 2.24) is 10.2 Å². The van der Waals surface area contributed by atoms with Crippen LogP contribution >= 0.6 is 15.9 Å². The van der Waals surface area contributed by atoms with Crippen LogP contribution in [0.4, 0.5) is 0 Å². The van der Waals surface area contributed by atoms with Gasteiger partial charge in [-0.25, -0.2) is 0 Å². The van der Waals surface area contributed by atoms with E-state index in [0.29, 0.717) is 23.5 Å². The Bertz CT molecular complexity index is 488. The van der Waals surface area contributed by atoms with Crippen molar-refractivity contribution in [1.29, 1.82) is 0 Å². The van der Waals surface area contributed by atoms with Gasteiger partial charge in [-0.15, -0.1) is 0 Å². The van der Waals surface area contributed by atoms with Gasteiger partial charge in [0.05, 0.1) is 12.5 Å². The summed E-state index contributed by atoms with van der Waals surface area (Å²) in [7, 11) is 0. The number of furan rings is 1. The van der Waals surface area contributed by atoms with Crippen LogP contribution in [0.15, 0.2) is 21.2 Å². The molecule has 1 aromatic heterocycles. The molecule has 1 aromatic rings. The van der Waals surface area contributed by atoms with Crippen molar-refractivity contribution in [2.45, 2.75) is 25.4 Å². The molecular formula is C12H15BrN2O4. The summed E-state index contributed by atoms with van der Waals surface area (Å²) in [5, 5.41) is 11.6. The average Bonchev–Trinajstić information content (AvgIpc) is 2.77. The maximum absolute atomic E-state index is 11.8. The van der Waals surface area contributed by atoms with Crippen molar-refractivity contribution in [2.75, 3.05) is 13.1 Å². The Balaban J connectivity index is 2.19. The van der Waals surface area contributed by atoms with Crippen molar-refractivity contribution in [3.8, 4) is 0 Å². The Labute approximate surface area is 118 Å². The molecular weight excluding hydrogens is 316 g/mol. The number of carbonyl (C=O) groups excluding carboxylic acids is 1. The molecule has 0 saturated carbocycles. The molecule has 1 aliphatic heterocycles. The first-order valence-electron chi connectivity index (χ1n) is 5.99. The fourth-order valence-electron chi connectivity index (χ4n) is 2.29. The lowest BCUT2D eigenvalue weighted by Gasteiger charge is -2.37. The normalized spacial score (nSPS) is 22.0. The number of hydrogen-bond donors (Lipinski definition) is 2. The number of aliphatic carboxylic acids is 1. The maximum Gasteiger partial charge on any atom is 0.305 e. The highest BCUT2D eigenvalue weighted by Gasteiger charge is 2.35. The van der Waals surface area contributed by atoms with E-state index >= 15 is 0 Å². The Morgan fingerprint density at radius 2 is 2.42 bits per heavy atom. The molecule has 2 N–H and O–H groups in total. The summed E-state index contributed by atoms with van der Waals surface area (Å²) < 4.78 is 6.10. The van der Waals surface area contributed by atoms with Gasteiger partial charge in [0.1, 0.15) is 11.8 Å². The third-order valence-electron chi connectivity index (χ3n) is 3.24. The van der Waals surface area contributed by atoms with Gasteiger partial charge in [0.2, 0.25) is 5.91 Å². The minimum atomic E-state index is -0.986. The molecule has 1 fully saturated rings. The van der Waals surface area contributed by atoms with Crippen molar-refractivity contribution >= 4 is 27.8 Å². The quantitative estimate of drug-likeness (QED) is 0.871. The van der Waals surface area contributed by atoms with E-state index in [-0.39, 0.29) is 18.4 Å². The van der Waals surface area contributed by atoms with E-state index in [2.05, 4.69) is 21.2 Å². The molecule has 2 rings (SSSR count). The Morgan fingerprint density at radius 3 is 3.00 bits per heavy atom. The molecule has 1 saturated heterocycles. The molecule has 0 aromatic carbocycles. The first-order chi connectivity index (χ1) is 8.99. The second-order valence-electron chi connectivity index (χ2n) is 4.46. The van der Waals surface area contributed by atoms with Gasteiger partial charge in [-0.3, -0.25) is 14.5 Å². The van der Waals surface area contributed by atoms with E-state index in [0.717, 1.165) is 0 Å². The number of carboxylic acid groups (broad SMARTS) is 1. The SMILES string of the molecule is CC(c1ccc(Br)o1)N1CCNC(=O)C1CC(=O)O. The van der Waals surface area contributed by atoms with Gasteiger partial charge in [0.25, 0.3) is 0 Å². The third-order valence-corrected chi connectivity index (χ3v) is 3.67. The molecule has 1 amide bonds. The summed E-state index contributed by atoms with van der Waals surface area (Å²) in [4.78, 5) is 24.6. The summed E-state index contributed by atoms with van der Waals surface area (Å²) in [5.41, 5.74) is 0. The summed E-state index contributed by atoms with van der Waals surface area (Å²) in [6, 6.07) is 2.79. The molecule has 0 aliphatic carbocycles. The number of amides is 1. The zero-order valence-electron chi connectivity index (χ0n) is 10.4. The van der Waals surface area contributed by atoms with Crippen LogP contribution in [0.5, 0.6) is 0 Å². The molecule has 0 spiro atoms. The van der Waals surface area contributed by atoms with E-state index in [1.54, 1.807) is 6.07 Å². The van der Waals surface area contributed by atoms with Crippen LogP contribution in [0.25, 0.3) is 0 Å². The van der Waals surface area contributed by atoms with Gasteiger partial charge < -0.3 is 14.8 Å². The molecule has 7 heteroatoms. The summed E-state index contributed by atoms with van der Waals surface area (Å²) in [5.74, 6) is -0.525. The number of rotatable bonds is 4. The highest BCUT2D eigenvalue weighted by Crippen LogP contribution is 2.28. The van der Waals surface area contributed by atoms with Gasteiger partial charge in [-0.2, -0.15) is 0 Å². The summed E-state index contributed by atoms with van der Waals surface area (Å²) >= 11 is 3.23. The number of carboxylic acids is 1. The van der Waals surface area contributed by atoms with Crippen LogP contribution < -0.4 is 5.32 Å². The van der Waals surface area contributed by atoms with Gasteiger partial charge in [-0.1, -0.05) is 0 Å². The van der Waals surface area contributed by atoms with Crippen LogP contribution in [0.2, 0.25) is 0 Å². The van der Waals surface area contributed by atoms with Crippen LogP contribution in [-0.4, -0.2) is 41.0 Å². The van der Waals surface area contributed by atoms with E-state index in [1.165, 1.54) is 0 Å². The van der Waals surface area contributed by atoms with E-state index < -0.39 is 12.0 Å². The summed E-state index contributed by atoms with van der Waals surface area (Å²) in [6.45, 7) is 3.02. The zero-order valence-corrected chi connectivity index (χ0v) is 12.0. The number of halogens is 1. The van der Waals surface area contributed by atoms with E-state index in [4.69, 9.17) is 9.52 Å². The minimum Gasteiger partial charge on any atom is -0.481 e. The number of nitrogens with zero attached hydrogens (tertiary/aromatic N) is 1. The maximum atomic E-state index is 11.8. The standard InChI is InChI=1S/C12H15BrN2O4/c1-7(9-2-3-10(13)19-9)15-5-4-14-12(18)8(15)6-11(16)17/h2-3,7-8H,4-6H2,1H3,(H,14,18)(H,16,17). The zero-order chi connectivity index (χ0) is 14.0. The molecule has 1 aliphatic rings.